The minimum atomic E-state index is -3.54. The lowest BCUT2D eigenvalue weighted by Crippen LogP contribution is -2.51. The lowest BCUT2D eigenvalue weighted by Gasteiger charge is -2.24. The highest BCUT2D eigenvalue weighted by Crippen LogP contribution is 2.09. The summed E-state index contributed by atoms with van der Waals surface area (Å²) in [6.45, 7) is 12.4. The van der Waals surface area contributed by atoms with Crippen LogP contribution in [0.3, 0.4) is 0 Å². The summed E-state index contributed by atoms with van der Waals surface area (Å²) in [5.41, 5.74) is 0. The second-order valence-corrected chi connectivity index (χ2v) is 16.9. The molecule has 0 saturated carbocycles. The second kappa shape index (κ2) is 4.78. The molecule has 0 aromatic heterocycles. The Labute approximate surface area is 111 Å². The van der Waals surface area contributed by atoms with Crippen LogP contribution in [0.2, 0.25) is 39.3 Å². The fourth-order valence-electron chi connectivity index (χ4n) is 1.50. The van der Waals surface area contributed by atoms with Gasteiger partial charge in [0, 0.05) is 0 Å². The molecule has 0 radical (unpaired) electrons. The molecule has 0 aromatic rings. The van der Waals surface area contributed by atoms with Crippen molar-refractivity contribution in [1.82, 2.24) is 9.44 Å². The average Bonchev–Trinajstić information content (AvgIpc) is 1.90. The van der Waals surface area contributed by atoms with Gasteiger partial charge in [0.25, 0.3) is 0 Å². The summed E-state index contributed by atoms with van der Waals surface area (Å²) in [6.07, 6.45) is 0.438. The van der Waals surface area contributed by atoms with Gasteiger partial charge in [0.1, 0.15) is 11.7 Å². The van der Waals surface area contributed by atoms with E-state index in [0.717, 1.165) is 0 Å². The van der Waals surface area contributed by atoms with Crippen LogP contribution in [0, 0.1) is 0 Å². The summed E-state index contributed by atoms with van der Waals surface area (Å²) in [7, 11) is -6.95. The molecule has 0 aliphatic carbocycles. The molecule has 0 amide bonds. The van der Waals surface area contributed by atoms with Crippen molar-refractivity contribution in [2.45, 2.75) is 45.7 Å². The Bertz CT molecular complexity index is 448. The molecule has 18 heavy (non-hydrogen) atoms. The molecule has 1 aliphatic rings. The topological polar surface area (TPSA) is 82.9 Å². The molecule has 1 rings (SSSR count). The minimum absolute atomic E-state index is 0.438. The maximum Gasteiger partial charge on any atom is 0.323 e. The van der Waals surface area contributed by atoms with E-state index in [1.54, 1.807) is 0 Å². The van der Waals surface area contributed by atoms with E-state index in [0.29, 0.717) is 18.1 Å². The summed E-state index contributed by atoms with van der Waals surface area (Å²) < 4.78 is 37.3. The number of amidine groups is 2. The fraction of sp³-hybridized carbons (Fsp3) is 0.778. The molecule has 0 atom stereocenters. The Hall–Kier alpha value is -0.676. The lowest BCUT2D eigenvalue weighted by atomic mass is 10.4. The quantitative estimate of drug-likeness (QED) is 0.753. The van der Waals surface area contributed by atoms with Gasteiger partial charge < -0.3 is 9.32 Å². The molecular formula is C9H22N4O2SSi2. The Morgan fingerprint density at radius 3 is 1.50 bits per heavy atom. The molecule has 1 aliphatic heterocycles. The Morgan fingerprint density at radius 2 is 1.22 bits per heavy atom. The first-order valence-electron chi connectivity index (χ1n) is 5.84. The summed E-state index contributed by atoms with van der Waals surface area (Å²) in [6, 6.07) is 0. The van der Waals surface area contributed by atoms with Gasteiger partial charge in [0.15, 0.2) is 16.5 Å². The second-order valence-electron chi connectivity index (χ2n) is 6.34. The van der Waals surface area contributed by atoms with Gasteiger partial charge in [0.05, 0.1) is 6.42 Å². The van der Waals surface area contributed by atoms with E-state index in [9.17, 15) is 8.42 Å². The van der Waals surface area contributed by atoms with E-state index in [-0.39, 0.29) is 0 Å². The first-order chi connectivity index (χ1) is 7.86. The average molecular weight is 307 g/mol. The van der Waals surface area contributed by atoms with Gasteiger partial charge in [-0.15, -0.1) is 0 Å². The van der Waals surface area contributed by atoms with E-state index in [1.165, 1.54) is 0 Å². The van der Waals surface area contributed by atoms with Crippen LogP contribution in [0.5, 0.6) is 0 Å². The number of rotatable bonds is 2. The van der Waals surface area contributed by atoms with Crippen molar-refractivity contribution in [3.05, 3.63) is 0 Å². The predicted octanol–water partition coefficient (Wildman–Crippen LogP) is 1.28. The van der Waals surface area contributed by atoms with Gasteiger partial charge in [-0.2, -0.15) is 8.42 Å². The van der Waals surface area contributed by atoms with Crippen molar-refractivity contribution in [2.24, 2.45) is 9.32 Å². The van der Waals surface area contributed by atoms with Crippen molar-refractivity contribution >= 4 is 38.4 Å². The van der Waals surface area contributed by atoms with Gasteiger partial charge in [-0.05, 0) is 39.3 Å². The summed E-state index contributed by atoms with van der Waals surface area (Å²) in [5, 5.41) is 0. The maximum atomic E-state index is 11.7. The van der Waals surface area contributed by atoms with Crippen LogP contribution in [0.4, 0.5) is 0 Å². The van der Waals surface area contributed by atoms with Crippen molar-refractivity contribution in [3.8, 4) is 0 Å². The van der Waals surface area contributed by atoms with Gasteiger partial charge in [-0.3, -0.25) is 9.44 Å². The number of hydrogen-bond donors (Lipinski definition) is 2. The van der Waals surface area contributed by atoms with Gasteiger partial charge in [-0.25, -0.2) is 0 Å². The highest BCUT2D eigenvalue weighted by atomic mass is 32.2. The number of nitrogens with zero attached hydrogens (tertiary/aromatic N) is 2. The van der Waals surface area contributed by atoms with Crippen molar-refractivity contribution < 1.29 is 8.42 Å². The Morgan fingerprint density at radius 1 is 0.889 bits per heavy atom. The summed E-state index contributed by atoms with van der Waals surface area (Å²) in [4.78, 5) is 0. The van der Waals surface area contributed by atoms with Gasteiger partial charge in [-0.1, -0.05) is 0 Å². The molecule has 0 unspecified atom stereocenters. The number of nitrogens with one attached hydrogen (secondary N) is 2. The smallest absolute Gasteiger partial charge is 0.310 e. The van der Waals surface area contributed by atoms with Crippen LogP contribution < -0.4 is 9.44 Å². The molecule has 0 bridgehead atoms. The van der Waals surface area contributed by atoms with Crippen LogP contribution in [-0.4, -0.2) is 36.6 Å². The Balaban J connectivity index is 3.08. The summed E-state index contributed by atoms with van der Waals surface area (Å²) in [5.74, 6) is 1.01. The fourth-order valence-corrected chi connectivity index (χ4v) is 4.46. The molecule has 1 heterocycles. The zero-order valence-electron chi connectivity index (χ0n) is 11.8. The molecule has 1 fully saturated rings. The monoisotopic (exact) mass is 306 g/mol. The third-order valence-corrected chi connectivity index (χ3v) is 4.67. The third kappa shape index (κ3) is 5.78. The molecule has 0 spiro atoms. The predicted molar refractivity (Wildman–Crippen MR) is 81.4 cm³/mol. The van der Waals surface area contributed by atoms with Gasteiger partial charge >= 0.3 is 10.2 Å². The molecule has 6 nitrogen and oxygen atoms in total. The van der Waals surface area contributed by atoms with E-state index < -0.39 is 26.7 Å². The van der Waals surface area contributed by atoms with Crippen LogP contribution in [0.1, 0.15) is 6.42 Å². The first kappa shape index (κ1) is 15.4. The highest BCUT2D eigenvalue weighted by molar-refractivity contribution is 7.88. The SMILES string of the molecule is C[Si](C)(C)/N=C1/C/C(=N\[Si](C)(C)C)NS(=O)(=O)N1. The van der Waals surface area contributed by atoms with E-state index >= 15 is 0 Å². The van der Waals surface area contributed by atoms with E-state index in [1.807, 2.05) is 0 Å². The van der Waals surface area contributed by atoms with Gasteiger partial charge in [0.2, 0.25) is 0 Å². The Kier molecular flexibility index (Phi) is 4.08. The highest BCUT2D eigenvalue weighted by Gasteiger charge is 2.26. The molecule has 104 valence electrons. The molecule has 0 aromatic carbocycles. The van der Waals surface area contributed by atoms with E-state index in [4.69, 9.17) is 0 Å². The molecule has 2 N–H and O–H groups in total. The normalized spacial score (nSPS) is 24.8. The lowest BCUT2D eigenvalue weighted by molar-refractivity contribution is 0.587. The zero-order valence-corrected chi connectivity index (χ0v) is 14.6. The van der Waals surface area contributed by atoms with E-state index in [2.05, 4.69) is 58.0 Å². The molecule has 9 heteroatoms. The standard InChI is InChI=1S/C9H22N4O2SSi2/c1-17(2,3)12-8-7-9(13-18(4,5)6)11-16(14,15)10-8/h7H2,1-6H3,(H,10,12)(H,11,13). The van der Waals surface area contributed by atoms with Crippen molar-refractivity contribution in [2.75, 3.05) is 0 Å². The largest absolute Gasteiger partial charge is 0.323 e. The van der Waals surface area contributed by atoms with Crippen molar-refractivity contribution in [3.63, 3.8) is 0 Å². The van der Waals surface area contributed by atoms with Crippen molar-refractivity contribution in [1.29, 1.82) is 0 Å². The zero-order chi connectivity index (χ0) is 14.2. The van der Waals surface area contributed by atoms with Crippen LogP contribution in [0.15, 0.2) is 9.32 Å². The third-order valence-electron chi connectivity index (χ3n) is 1.78. The molecule has 1 saturated heterocycles. The minimum Gasteiger partial charge on any atom is -0.310 e. The maximum absolute atomic E-state index is 11.7. The molecular weight excluding hydrogens is 284 g/mol. The van der Waals surface area contributed by atoms with Crippen LogP contribution >= 0.6 is 0 Å². The van der Waals surface area contributed by atoms with Crippen LogP contribution in [0.25, 0.3) is 0 Å². The first-order valence-corrected chi connectivity index (χ1v) is 14.2. The summed E-state index contributed by atoms with van der Waals surface area (Å²) >= 11 is 0. The number of hydrogen-bond acceptors (Lipinski definition) is 4. The van der Waals surface area contributed by atoms with Crippen LogP contribution in [-0.2, 0) is 10.2 Å².